The van der Waals surface area contributed by atoms with Gasteiger partial charge in [-0.1, -0.05) is 60.7 Å². The van der Waals surface area contributed by atoms with Crippen molar-refractivity contribution in [3.05, 3.63) is 119 Å². The highest BCUT2D eigenvalue weighted by Crippen LogP contribution is 2.50. The second kappa shape index (κ2) is 7.31. The number of nitrogens with zero attached hydrogens (tertiary/aromatic N) is 2. The molecule has 1 aliphatic carbocycles. The van der Waals surface area contributed by atoms with Gasteiger partial charge in [0.1, 0.15) is 0 Å². The van der Waals surface area contributed by atoms with Gasteiger partial charge in [-0.15, -0.1) is 0 Å². The maximum Gasteiger partial charge on any atom is 0.197 e. The van der Waals surface area contributed by atoms with Gasteiger partial charge < -0.3 is 9.80 Å². The van der Waals surface area contributed by atoms with Crippen LogP contribution in [0.2, 0.25) is 0 Å². The van der Waals surface area contributed by atoms with Crippen molar-refractivity contribution in [3.63, 3.8) is 0 Å². The molecule has 4 aromatic rings. The first-order valence-electron chi connectivity index (χ1n) is 10.9. The van der Waals surface area contributed by atoms with Crippen LogP contribution in [0.5, 0.6) is 0 Å². The summed E-state index contributed by atoms with van der Waals surface area (Å²) in [7, 11) is 2.08. The van der Waals surface area contributed by atoms with Gasteiger partial charge in [0.2, 0.25) is 0 Å². The van der Waals surface area contributed by atoms with Crippen LogP contribution < -0.4 is 9.80 Å². The van der Waals surface area contributed by atoms with Gasteiger partial charge in [-0.05, 0) is 48.0 Å². The summed E-state index contributed by atoms with van der Waals surface area (Å²) in [5, 5.41) is 0. The van der Waals surface area contributed by atoms with Crippen LogP contribution in [-0.4, -0.2) is 18.6 Å². The number of carbonyl (C=O) groups is 2. The van der Waals surface area contributed by atoms with Crippen LogP contribution in [0.3, 0.4) is 0 Å². The molecule has 2 aliphatic rings. The Balaban J connectivity index is 1.40. The number of benzene rings is 4. The first kappa shape index (κ1) is 19.3. The lowest BCUT2D eigenvalue weighted by Gasteiger charge is -2.38. The van der Waals surface area contributed by atoms with Crippen molar-refractivity contribution in [2.45, 2.75) is 0 Å². The second-order valence-electron chi connectivity index (χ2n) is 8.23. The van der Waals surface area contributed by atoms with E-state index in [1.54, 1.807) is 30.3 Å². The lowest BCUT2D eigenvalue weighted by atomic mass is 10.0. The highest BCUT2D eigenvalue weighted by Gasteiger charge is 2.32. The summed E-state index contributed by atoms with van der Waals surface area (Å²) in [6.45, 7) is 0. The van der Waals surface area contributed by atoms with E-state index in [1.165, 1.54) is 0 Å². The van der Waals surface area contributed by atoms with Gasteiger partial charge in [-0.3, -0.25) is 9.59 Å². The molecule has 0 fully saturated rings. The number of carbonyl (C=O) groups excluding carboxylic acids is 2. The molecule has 4 heteroatoms. The van der Waals surface area contributed by atoms with Gasteiger partial charge in [0.05, 0.1) is 28.3 Å². The fraction of sp³-hybridized carbons (Fsp3) is 0.0345. The molecule has 0 N–H and O–H groups in total. The smallest absolute Gasteiger partial charge is 0.197 e. The van der Waals surface area contributed by atoms with Gasteiger partial charge in [0.15, 0.2) is 11.6 Å². The van der Waals surface area contributed by atoms with Crippen LogP contribution >= 0.6 is 0 Å². The Labute approximate surface area is 192 Å². The van der Waals surface area contributed by atoms with E-state index in [9.17, 15) is 9.59 Å². The average Bonchev–Trinajstić information content (AvgIpc) is 3.10. The van der Waals surface area contributed by atoms with E-state index in [0.29, 0.717) is 11.1 Å². The summed E-state index contributed by atoms with van der Waals surface area (Å²) in [6.07, 6.45) is 1.69. The molecule has 0 bridgehead atoms. The van der Waals surface area contributed by atoms with Gasteiger partial charge in [-0.25, -0.2) is 0 Å². The minimum absolute atomic E-state index is 0.207. The largest absolute Gasteiger partial charge is 0.341 e. The van der Waals surface area contributed by atoms with Gasteiger partial charge in [0.25, 0.3) is 0 Å². The molecule has 1 aliphatic heterocycles. The normalized spacial score (nSPS) is 14.2. The first-order chi connectivity index (χ1) is 16.1. The van der Waals surface area contributed by atoms with Crippen molar-refractivity contribution in [2.24, 2.45) is 0 Å². The van der Waals surface area contributed by atoms with Crippen molar-refractivity contribution < 1.29 is 9.59 Å². The molecule has 0 spiro atoms. The van der Waals surface area contributed by atoms with E-state index in [-0.39, 0.29) is 17.1 Å². The Morgan fingerprint density at radius 3 is 1.55 bits per heavy atom. The molecule has 158 valence electrons. The number of hydrogen-bond acceptors (Lipinski definition) is 4. The number of hydrogen-bond donors (Lipinski definition) is 0. The van der Waals surface area contributed by atoms with E-state index in [2.05, 4.69) is 41.1 Å². The zero-order valence-electron chi connectivity index (χ0n) is 18.0. The molecular formula is C29H20N2O2. The summed E-state index contributed by atoms with van der Waals surface area (Å²) in [5.41, 5.74) is 7.47. The van der Waals surface area contributed by atoms with Gasteiger partial charge in [-0.2, -0.15) is 0 Å². The standard InChI is InChI=1S/C29H20N2O2/c1-30-24-10-4-6-12-26(24)31(27-13-7-5-11-25(27)30)20-16-14-19(15-17-20)18-23-28(32)21-8-2-3-9-22(21)29(23)33/h2-18H,1H3. The molecule has 0 saturated heterocycles. The van der Waals surface area contributed by atoms with E-state index in [1.807, 2.05) is 48.5 Å². The van der Waals surface area contributed by atoms with E-state index in [4.69, 9.17) is 0 Å². The monoisotopic (exact) mass is 428 g/mol. The quantitative estimate of drug-likeness (QED) is 0.263. The number of anilines is 5. The summed E-state index contributed by atoms with van der Waals surface area (Å²) in [6, 6.07) is 31.6. The third kappa shape index (κ3) is 2.92. The molecule has 0 unspecified atom stereocenters. The van der Waals surface area contributed by atoms with Crippen molar-refractivity contribution in [1.82, 2.24) is 0 Å². The molecule has 4 aromatic carbocycles. The van der Waals surface area contributed by atoms with E-state index < -0.39 is 0 Å². The number of ketones is 2. The van der Waals surface area contributed by atoms with Crippen molar-refractivity contribution >= 4 is 46.1 Å². The third-order valence-corrected chi connectivity index (χ3v) is 6.34. The van der Waals surface area contributed by atoms with Crippen LogP contribution in [0.1, 0.15) is 26.3 Å². The number of rotatable bonds is 2. The fourth-order valence-corrected chi connectivity index (χ4v) is 4.70. The average molecular weight is 428 g/mol. The summed E-state index contributed by atoms with van der Waals surface area (Å²) >= 11 is 0. The predicted molar refractivity (Wildman–Crippen MR) is 132 cm³/mol. The SMILES string of the molecule is CN1c2ccccc2N(c2ccc(C=C3C(=O)c4ccccc4C3=O)cc2)c2ccccc21. The fourth-order valence-electron chi connectivity index (χ4n) is 4.70. The number of fused-ring (bicyclic) bond motifs is 3. The topological polar surface area (TPSA) is 40.6 Å². The van der Waals surface area contributed by atoms with Gasteiger partial charge >= 0.3 is 0 Å². The zero-order valence-corrected chi connectivity index (χ0v) is 18.0. The maximum atomic E-state index is 12.7. The summed E-state index contributed by atoms with van der Waals surface area (Å²) < 4.78 is 0. The van der Waals surface area contributed by atoms with Crippen LogP contribution in [0, 0.1) is 0 Å². The van der Waals surface area contributed by atoms with Crippen LogP contribution in [0.25, 0.3) is 6.08 Å². The molecule has 6 rings (SSSR count). The highest BCUT2D eigenvalue weighted by atomic mass is 16.2. The van der Waals surface area contributed by atoms with Crippen LogP contribution in [-0.2, 0) is 0 Å². The highest BCUT2D eigenvalue weighted by molar-refractivity contribution is 6.41. The Morgan fingerprint density at radius 1 is 0.576 bits per heavy atom. The van der Waals surface area contributed by atoms with Crippen molar-refractivity contribution in [1.29, 1.82) is 0 Å². The maximum absolute atomic E-state index is 12.7. The molecule has 4 nitrogen and oxygen atoms in total. The van der Waals surface area contributed by atoms with Gasteiger partial charge in [0, 0.05) is 23.9 Å². The predicted octanol–water partition coefficient (Wildman–Crippen LogP) is 6.70. The Kier molecular flexibility index (Phi) is 4.27. The molecule has 33 heavy (non-hydrogen) atoms. The Bertz CT molecular complexity index is 1380. The van der Waals surface area contributed by atoms with Crippen molar-refractivity contribution in [3.8, 4) is 0 Å². The molecular weight excluding hydrogens is 408 g/mol. The molecule has 1 heterocycles. The second-order valence-corrected chi connectivity index (χ2v) is 8.23. The minimum Gasteiger partial charge on any atom is -0.341 e. The Morgan fingerprint density at radius 2 is 1.03 bits per heavy atom. The molecule has 0 atom stereocenters. The third-order valence-electron chi connectivity index (χ3n) is 6.34. The summed E-state index contributed by atoms with van der Waals surface area (Å²) in [4.78, 5) is 29.9. The van der Waals surface area contributed by atoms with E-state index in [0.717, 1.165) is 34.0 Å². The lowest BCUT2D eigenvalue weighted by Crippen LogP contribution is -2.23. The lowest BCUT2D eigenvalue weighted by molar-refractivity contribution is 0.0990. The summed E-state index contributed by atoms with van der Waals surface area (Å²) in [5.74, 6) is -0.414. The van der Waals surface area contributed by atoms with Crippen LogP contribution in [0.15, 0.2) is 103 Å². The number of allylic oxidation sites excluding steroid dienone is 1. The Hall–Kier alpha value is -4.44. The van der Waals surface area contributed by atoms with E-state index >= 15 is 0 Å². The molecule has 0 amide bonds. The zero-order chi connectivity index (χ0) is 22.5. The molecule has 0 saturated carbocycles. The van der Waals surface area contributed by atoms with Crippen LogP contribution in [0.4, 0.5) is 28.4 Å². The molecule has 0 radical (unpaired) electrons. The molecule has 0 aromatic heterocycles. The number of para-hydroxylation sites is 4. The minimum atomic E-state index is -0.207. The van der Waals surface area contributed by atoms with Crippen molar-refractivity contribution in [2.75, 3.05) is 16.8 Å². The first-order valence-corrected chi connectivity index (χ1v) is 10.9. The number of Topliss-reactive ketones (excluding diaryl/α,β-unsaturated/α-hetero) is 2.